The van der Waals surface area contributed by atoms with Crippen molar-refractivity contribution < 1.29 is 8.42 Å². The summed E-state index contributed by atoms with van der Waals surface area (Å²) < 4.78 is 26.1. The highest BCUT2D eigenvalue weighted by atomic mass is 35.5. The van der Waals surface area contributed by atoms with Crippen molar-refractivity contribution in [3.8, 4) is 0 Å². The number of hydrogen-bond donors (Lipinski definition) is 0. The minimum atomic E-state index is -3.35. The number of rotatable bonds is 3. The van der Waals surface area contributed by atoms with Gasteiger partial charge in [0.2, 0.25) is 0 Å². The van der Waals surface area contributed by atoms with Gasteiger partial charge in [-0.3, -0.25) is 0 Å². The molecule has 0 atom stereocenters. The summed E-state index contributed by atoms with van der Waals surface area (Å²) in [4.78, 5) is 0. The second kappa shape index (κ2) is 4.19. The van der Waals surface area contributed by atoms with Crippen molar-refractivity contribution in [2.45, 2.75) is 13.8 Å². The van der Waals surface area contributed by atoms with Crippen LogP contribution in [-0.4, -0.2) is 14.2 Å². The molecule has 0 saturated carbocycles. The topological polar surface area (TPSA) is 48.2 Å². The fraction of sp³-hybridized carbons (Fsp3) is 0.333. The quantitative estimate of drug-likeness (QED) is 0.804. The lowest BCUT2D eigenvalue weighted by molar-refractivity contribution is 0.604. The molecule has 1 rings (SSSR count). The predicted molar refractivity (Wildman–Crippen MR) is 58.7 cm³/mol. The summed E-state index contributed by atoms with van der Waals surface area (Å²) in [5, 5.41) is 0.487. The van der Waals surface area contributed by atoms with Crippen LogP contribution in [0.2, 0.25) is 5.02 Å². The molecule has 0 fully saturated rings. The van der Waals surface area contributed by atoms with Crippen LogP contribution in [0.1, 0.15) is 12.5 Å². The van der Waals surface area contributed by atoms with Gasteiger partial charge in [-0.05, 0) is 13.0 Å². The van der Waals surface area contributed by atoms with E-state index in [0.29, 0.717) is 10.7 Å². The first-order chi connectivity index (χ1) is 6.44. The molecule has 0 aliphatic carbocycles. The van der Waals surface area contributed by atoms with Crippen LogP contribution in [0.3, 0.4) is 0 Å². The van der Waals surface area contributed by atoms with E-state index in [-0.39, 0.29) is 5.75 Å². The molecule has 0 heterocycles. The standard InChI is InChI=1S/C9H11ClNO2S/c1-3-14(12,13)11-9-6-8(10)5-4-7(9)2/h4-6H,3H2,1-2H3/q-1. The van der Waals surface area contributed by atoms with Crippen LogP contribution in [0.15, 0.2) is 18.2 Å². The molecule has 0 unspecified atom stereocenters. The summed E-state index contributed by atoms with van der Waals surface area (Å²) in [7, 11) is -3.35. The highest BCUT2D eigenvalue weighted by molar-refractivity contribution is 7.94. The minimum Gasteiger partial charge on any atom is -0.577 e. The fourth-order valence-electron chi connectivity index (χ4n) is 0.895. The van der Waals surface area contributed by atoms with Crippen molar-refractivity contribution in [3.63, 3.8) is 0 Å². The summed E-state index contributed by atoms with van der Waals surface area (Å²) in [6.07, 6.45) is 0. The van der Waals surface area contributed by atoms with Crippen molar-refractivity contribution in [2.75, 3.05) is 5.75 Å². The van der Waals surface area contributed by atoms with Crippen LogP contribution in [-0.2, 0) is 10.0 Å². The Kier molecular flexibility index (Phi) is 3.39. The van der Waals surface area contributed by atoms with E-state index in [9.17, 15) is 8.42 Å². The Bertz CT molecular complexity index is 428. The fourth-order valence-corrected chi connectivity index (χ4v) is 1.69. The summed E-state index contributed by atoms with van der Waals surface area (Å²) >= 11 is 5.73. The van der Waals surface area contributed by atoms with E-state index in [1.165, 1.54) is 0 Å². The van der Waals surface area contributed by atoms with Gasteiger partial charge in [0, 0.05) is 10.8 Å². The van der Waals surface area contributed by atoms with Gasteiger partial charge in [0.05, 0.1) is 10.0 Å². The highest BCUT2D eigenvalue weighted by Gasteiger charge is 1.97. The van der Waals surface area contributed by atoms with Gasteiger partial charge >= 0.3 is 0 Å². The molecule has 0 N–H and O–H groups in total. The molecule has 0 aliphatic heterocycles. The van der Waals surface area contributed by atoms with Crippen LogP contribution >= 0.6 is 11.6 Å². The molecule has 0 aliphatic rings. The van der Waals surface area contributed by atoms with Crippen LogP contribution in [0, 0.1) is 6.92 Å². The van der Waals surface area contributed by atoms with E-state index < -0.39 is 10.0 Å². The molecular weight excluding hydrogens is 222 g/mol. The number of hydrogen-bond acceptors (Lipinski definition) is 2. The molecule has 3 nitrogen and oxygen atoms in total. The molecule has 1 aromatic carbocycles. The Morgan fingerprint density at radius 2 is 2.07 bits per heavy atom. The Labute approximate surface area is 89.1 Å². The number of halogens is 1. The van der Waals surface area contributed by atoms with Gasteiger partial charge in [0.15, 0.2) is 0 Å². The summed E-state index contributed by atoms with van der Waals surface area (Å²) in [6, 6.07) is 4.99. The average molecular weight is 233 g/mol. The van der Waals surface area contributed by atoms with E-state index >= 15 is 0 Å². The Hall–Kier alpha value is -0.740. The molecule has 0 amide bonds. The minimum absolute atomic E-state index is 0.00104. The van der Waals surface area contributed by atoms with Gasteiger partial charge in [-0.15, -0.1) is 5.69 Å². The van der Waals surface area contributed by atoms with E-state index in [1.54, 1.807) is 32.0 Å². The normalized spacial score (nSPS) is 11.4. The van der Waals surface area contributed by atoms with Crippen LogP contribution in [0.25, 0.3) is 4.72 Å². The van der Waals surface area contributed by atoms with Gasteiger partial charge in [0.25, 0.3) is 0 Å². The molecule has 78 valence electrons. The first kappa shape index (κ1) is 11.3. The third kappa shape index (κ3) is 2.89. The van der Waals surface area contributed by atoms with Crippen LogP contribution in [0.4, 0.5) is 5.69 Å². The molecule has 14 heavy (non-hydrogen) atoms. The van der Waals surface area contributed by atoms with E-state index in [2.05, 4.69) is 4.72 Å². The Morgan fingerprint density at radius 3 is 2.64 bits per heavy atom. The Morgan fingerprint density at radius 1 is 1.43 bits per heavy atom. The number of sulfonamides is 1. The van der Waals surface area contributed by atoms with Crippen molar-refractivity contribution in [1.82, 2.24) is 0 Å². The van der Waals surface area contributed by atoms with Crippen molar-refractivity contribution in [2.24, 2.45) is 0 Å². The van der Waals surface area contributed by atoms with Gasteiger partial charge < -0.3 is 4.72 Å². The molecule has 0 bridgehead atoms. The van der Waals surface area contributed by atoms with E-state index in [0.717, 1.165) is 5.56 Å². The first-order valence-electron chi connectivity index (χ1n) is 4.16. The lowest BCUT2D eigenvalue weighted by atomic mass is 10.2. The zero-order valence-electron chi connectivity index (χ0n) is 7.99. The van der Waals surface area contributed by atoms with Crippen molar-refractivity contribution in [3.05, 3.63) is 33.5 Å². The first-order valence-corrected chi connectivity index (χ1v) is 6.15. The SMILES string of the molecule is CCS(=O)(=O)[N-]c1cc(Cl)ccc1C. The molecule has 0 spiro atoms. The smallest absolute Gasteiger partial charge is 0.0935 e. The largest absolute Gasteiger partial charge is 0.577 e. The van der Waals surface area contributed by atoms with Gasteiger partial charge in [-0.1, -0.05) is 36.2 Å². The number of benzene rings is 1. The van der Waals surface area contributed by atoms with Crippen molar-refractivity contribution in [1.29, 1.82) is 0 Å². The van der Waals surface area contributed by atoms with E-state index in [1.807, 2.05) is 0 Å². The van der Waals surface area contributed by atoms with Crippen molar-refractivity contribution >= 4 is 27.3 Å². The summed E-state index contributed by atoms with van der Waals surface area (Å²) in [5.74, 6) is -0.00104. The molecule has 1 aromatic rings. The third-order valence-electron chi connectivity index (χ3n) is 1.77. The van der Waals surface area contributed by atoms with Crippen LogP contribution < -0.4 is 0 Å². The maximum atomic E-state index is 11.2. The molecular formula is C9H11ClNO2S-. The third-order valence-corrected chi connectivity index (χ3v) is 3.21. The second-order valence-electron chi connectivity index (χ2n) is 2.89. The second-order valence-corrected chi connectivity index (χ2v) is 5.25. The zero-order valence-corrected chi connectivity index (χ0v) is 9.56. The van der Waals surface area contributed by atoms with Gasteiger partial charge in [-0.2, -0.15) is 0 Å². The summed E-state index contributed by atoms with van der Waals surface area (Å²) in [5.41, 5.74) is 1.21. The molecule has 5 heteroatoms. The highest BCUT2D eigenvalue weighted by Crippen LogP contribution is 2.29. The summed E-state index contributed by atoms with van der Waals surface area (Å²) in [6.45, 7) is 3.35. The van der Waals surface area contributed by atoms with E-state index in [4.69, 9.17) is 11.6 Å². The molecule has 0 saturated heterocycles. The molecule has 0 radical (unpaired) electrons. The van der Waals surface area contributed by atoms with Gasteiger partial charge in [-0.25, -0.2) is 8.42 Å². The monoisotopic (exact) mass is 232 g/mol. The van der Waals surface area contributed by atoms with Crippen LogP contribution in [0.5, 0.6) is 0 Å². The lowest BCUT2D eigenvalue weighted by Crippen LogP contribution is -1.99. The zero-order chi connectivity index (χ0) is 10.8. The molecule has 0 aromatic heterocycles. The maximum Gasteiger partial charge on any atom is 0.0935 e. The Balaban J connectivity index is 3.03. The number of nitrogens with zero attached hydrogens (tertiary/aromatic N) is 1. The number of aryl methyl sites for hydroxylation is 1. The lowest BCUT2D eigenvalue weighted by Gasteiger charge is -2.23. The average Bonchev–Trinajstić information content (AvgIpc) is 2.11. The maximum absolute atomic E-state index is 11.2. The predicted octanol–water partition coefficient (Wildman–Crippen LogP) is 3.00. The van der Waals surface area contributed by atoms with Gasteiger partial charge in [0.1, 0.15) is 0 Å².